The molecule has 0 aromatic heterocycles. The van der Waals surface area contributed by atoms with Crippen LogP contribution >= 0.6 is 11.6 Å². The fourth-order valence-electron chi connectivity index (χ4n) is 1.30. The number of nitrogens with zero attached hydrogens (tertiary/aromatic N) is 1. The van der Waals surface area contributed by atoms with E-state index in [1.807, 2.05) is 39.0 Å². The van der Waals surface area contributed by atoms with Crippen LogP contribution in [0.3, 0.4) is 0 Å². The summed E-state index contributed by atoms with van der Waals surface area (Å²) in [5.41, 5.74) is 2.03. The van der Waals surface area contributed by atoms with Gasteiger partial charge in [0.15, 0.2) is 0 Å². The van der Waals surface area contributed by atoms with Crippen molar-refractivity contribution in [1.29, 1.82) is 5.26 Å². The van der Waals surface area contributed by atoms with Crippen LogP contribution in [0, 0.1) is 24.2 Å². The minimum absolute atomic E-state index is 0.162. The zero-order valence-electron chi connectivity index (χ0n) is 9.21. The van der Waals surface area contributed by atoms with Crippen LogP contribution in [0.4, 0.5) is 5.69 Å². The van der Waals surface area contributed by atoms with Gasteiger partial charge in [-0.05, 0) is 36.6 Å². The molecule has 0 radical (unpaired) electrons. The van der Waals surface area contributed by atoms with Crippen LogP contribution in [0.5, 0.6) is 0 Å². The van der Waals surface area contributed by atoms with Gasteiger partial charge in [0, 0.05) is 10.7 Å². The van der Waals surface area contributed by atoms with E-state index in [1.54, 1.807) is 0 Å². The van der Waals surface area contributed by atoms with Gasteiger partial charge in [0.05, 0.1) is 6.07 Å². The maximum atomic E-state index is 8.96. The molecule has 15 heavy (non-hydrogen) atoms. The van der Waals surface area contributed by atoms with E-state index in [9.17, 15) is 0 Å². The average Bonchev–Trinajstić information content (AvgIpc) is 2.16. The van der Waals surface area contributed by atoms with Gasteiger partial charge in [-0.2, -0.15) is 5.26 Å². The lowest BCUT2D eigenvalue weighted by molar-refractivity contribution is 0.609. The highest BCUT2D eigenvalue weighted by Crippen LogP contribution is 2.21. The highest BCUT2D eigenvalue weighted by atomic mass is 35.5. The van der Waals surface area contributed by atoms with Crippen molar-refractivity contribution in [2.24, 2.45) is 5.92 Å². The molecule has 80 valence electrons. The van der Waals surface area contributed by atoms with Crippen LogP contribution in [-0.4, -0.2) is 6.04 Å². The normalized spacial score (nSPS) is 12.3. The van der Waals surface area contributed by atoms with Crippen LogP contribution in [-0.2, 0) is 0 Å². The molecule has 0 heterocycles. The number of halogens is 1. The van der Waals surface area contributed by atoms with Crippen molar-refractivity contribution in [3.63, 3.8) is 0 Å². The van der Waals surface area contributed by atoms with Gasteiger partial charge in [0.25, 0.3) is 0 Å². The molecule has 2 nitrogen and oxygen atoms in total. The molecule has 0 saturated heterocycles. The minimum atomic E-state index is -0.162. The van der Waals surface area contributed by atoms with Gasteiger partial charge in [0.2, 0.25) is 0 Å². The van der Waals surface area contributed by atoms with E-state index in [-0.39, 0.29) is 12.0 Å². The average molecular weight is 223 g/mol. The van der Waals surface area contributed by atoms with Gasteiger partial charge in [-0.25, -0.2) is 0 Å². The molecule has 1 unspecified atom stereocenters. The molecule has 1 atom stereocenters. The second-order valence-electron chi connectivity index (χ2n) is 3.95. The summed E-state index contributed by atoms with van der Waals surface area (Å²) in [5.74, 6) is 0.282. The Balaban J connectivity index is 2.85. The van der Waals surface area contributed by atoms with Crippen LogP contribution in [0.2, 0.25) is 5.02 Å². The topological polar surface area (TPSA) is 35.8 Å². The Morgan fingerprint density at radius 3 is 2.53 bits per heavy atom. The second-order valence-corrected chi connectivity index (χ2v) is 4.39. The van der Waals surface area contributed by atoms with Crippen molar-refractivity contribution in [2.45, 2.75) is 26.8 Å². The van der Waals surface area contributed by atoms with Gasteiger partial charge in [-0.1, -0.05) is 25.4 Å². The van der Waals surface area contributed by atoms with E-state index in [2.05, 4.69) is 11.4 Å². The largest absolute Gasteiger partial charge is 0.369 e. The van der Waals surface area contributed by atoms with Gasteiger partial charge >= 0.3 is 0 Å². The van der Waals surface area contributed by atoms with E-state index in [0.717, 1.165) is 16.3 Å². The van der Waals surface area contributed by atoms with E-state index < -0.39 is 0 Å². The number of nitrogens with one attached hydrogen (secondary N) is 1. The van der Waals surface area contributed by atoms with Crippen molar-refractivity contribution in [3.05, 3.63) is 28.8 Å². The molecule has 1 aromatic carbocycles. The Morgan fingerprint density at radius 1 is 1.40 bits per heavy atom. The maximum Gasteiger partial charge on any atom is 0.116 e. The Bertz CT molecular complexity index is 380. The molecule has 0 aliphatic heterocycles. The molecule has 1 N–H and O–H groups in total. The number of hydrogen-bond donors (Lipinski definition) is 1. The Kier molecular flexibility index (Phi) is 3.99. The third-order valence-electron chi connectivity index (χ3n) is 2.31. The first-order chi connectivity index (χ1) is 7.04. The summed E-state index contributed by atoms with van der Waals surface area (Å²) in [6, 6.07) is 7.71. The summed E-state index contributed by atoms with van der Waals surface area (Å²) in [6.07, 6.45) is 0. The van der Waals surface area contributed by atoms with E-state index >= 15 is 0 Å². The zero-order valence-corrected chi connectivity index (χ0v) is 9.97. The minimum Gasteiger partial charge on any atom is -0.369 e. The summed E-state index contributed by atoms with van der Waals surface area (Å²) < 4.78 is 0. The standard InChI is InChI=1S/C12H15ClN2/c1-8(2)12(7-14)15-11-5-4-10(13)6-9(11)3/h4-6,8,12,15H,1-3H3. The molecule has 0 spiro atoms. The molecule has 0 bridgehead atoms. The zero-order chi connectivity index (χ0) is 11.4. The van der Waals surface area contributed by atoms with Gasteiger partial charge < -0.3 is 5.32 Å². The fraction of sp³-hybridized carbons (Fsp3) is 0.417. The molecule has 0 aliphatic carbocycles. The lowest BCUT2D eigenvalue weighted by atomic mass is 10.0. The quantitative estimate of drug-likeness (QED) is 0.848. The van der Waals surface area contributed by atoms with Gasteiger partial charge in [-0.3, -0.25) is 0 Å². The van der Waals surface area contributed by atoms with Crippen LogP contribution in [0.25, 0.3) is 0 Å². The monoisotopic (exact) mass is 222 g/mol. The molecule has 1 rings (SSSR count). The molecule has 0 aliphatic rings. The predicted molar refractivity (Wildman–Crippen MR) is 64.1 cm³/mol. The summed E-state index contributed by atoms with van der Waals surface area (Å²) in [6.45, 7) is 6.02. The Labute approximate surface area is 95.9 Å². The highest BCUT2D eigenvalue weighted by Gasteiger charge is 2.12. The Morgan fingerprint density at radius 2 is 2.07 bits per heavy atom. The summed E-state index contributed by atoms with van der Waals surface area (Å²) in [4.78, 5) is 0. The molecular weight excluding hydrogens is 208 g/mol. The number of aryl methyl sites for hydroxylation is 1. The van der Waals surface area contributed by atoms with Crippen LogP contribution in [0.1, 0.15) is 19.4 Å². The third kappa shape index (κ3) is 3.14. The van der Waals surface area contributed by atoms with Crippen LogP contribution < -0.4 is 5.32 Å². The molecule has 3 heteroatoms. The lowest BCUT2D eigenvalue weighted by Gasteiger charge is -2.17. The first kappa shape index (κ1) is 11.9. The van der Waals surface area contributed by atoms with E-state index in [4.69, 9.17) is 16.9 Å². The second kappa shape index (κ2) is 5.04. The van der Waals surface area contributed by atoms with Crippen LogP contribution in [0.15, 0.2) is 18.2 Å². The number of rotatable bonds is 3. The van der Waals surface area contributed by atoms with Crippen molar-refractivity contribution >= 4 is 17.3 Å². The number of hydrogen-bond acceptors (Lipinski definition) is 2. The molecular formula is C12H15ClN2. The predicted octanol–water partition coefficient (Wildman–Crippen LogP) is 3.61. The molecule has 0 fully saturated rings. The third-order valence-corrected chi connectivity index (χ3v) is 2.54. The number of benzene rings is 1. The van der Waals surface area contributed by atoms with E-state index in [0.29, 0.717) is 0 Å². The number of nitriles is 1. The SMILES string of the molecule is Cc1cc(Cl)ccc1NC(C#N)C(C)C. The molecule has 0 amide bonds. The summed E-state index contributed by atoms with van der Waals surface area (Å²) >= 11 is 5.86. The van der Waals surface area contributed by atoms with Crippen molar-refractivity contribution < 1.29 is 0 Å². The van der Waals surface area contributed by atoms with Gasteiger partial charge in [0.1, 0.15) is 6.04 Å². The smallest absolute Gasteiger partial charge is 0.116 e. The van der Waals surface area contributed by atoms with Crippen molar-refractivity contribution in [1.82, 2.24) is 0 Å². The van der Waals surface area contributed by atoms with E-state index in [1.165, 1.54) is 0 Å². The summed E-state index contributed by atoms with van der Waals surface area (Å²) in [7, 11) is 0. The highest BCUT2D eigenvalue weighted by molar-refractivity contribution is 6.30. The van der Waals surface area contributed by atoms with Crippen molar-refractivity contribution in [3.8, 4) is 6.07 Å². The Hall–Kier alpha value is -1.20. The first-order valence-corrected chi connectivity index (χ1v) is 5.34. The summed E-state index contributed by atoms with van der Waals surface area (Å²) in [5, 5.41) is 12.9. The maximum absolute atomic E-state index is 8.96. The van der Waals surface area contributed by atoms with Crippen molar-refractivity contribution in [2.75, 3.05) is 5.32 Å². The number of anilines is 1. The first-order valence-electron chi connectivity index (χ1n) is 4.97. The van der Waals surface area contributed by atoms with Gasteiger partial charge in [-0.15, -0.1) is 0 Å². The lowest BCUT2D eigenvalue weighted by Crippen LogP contribution is -2.23. The molecule has 1 aromatic rings. The fourth-order valence-corrected chi connectivity index (χ4v) is 1.53. The molecule has 0 saturated carbocycles.